The lowest BCUT2D eigenvalue weighted by Crippen LogP contribution is -2.46. The Bertz CT molecular complexity index is 1280. The number of benzene rings is 2. The second kappa shape index (κ2) is 6.32. The molecular weight excluding hydrogens is 388 g/mol. The van der Waals surface area contributed by atoms with Crippen LogP contribution in [0.3, 0.4) is 0 Å². The van der Waals surface area contributed by atoms with E-state index in [-0.39, 0.29) is 23.8 Å². The molecule has 2 amide bonds. The van der Waals surface area contributed by atoms with E-state index in [2.05, 4.69) is 11.4 Å². The van der Waals surface area contributed by atoms with E-state index in [1.807, 2.05) is 79.9 Å². The van der Waals surface area contributed by atoms with Crippen LogP contribution < -0.4 is 10.2 Å². The number of anilines is 3. The molecule has 6 nitrogen and oxygen atoms in total. The lowest BCUT2D eigenvalue weighted by molar-refractivity contribution is -0.126. The van der Waals surface area contributed by atoms with Crippen LogP contribution in [-0.4, -0.2) is 16.4 Å². The highest BCUT2D eigenvalue weighted by atomic mass is 16.2. The summed E-state index contributed by atoms with van der Waals surface area (Å²) in [4.78, 5) is 28.9. The van der Waals surface area contributed by atoms with E-state index in [0.717, 1.165) is 16.9 Å². The summed E-state index contributed by atoms with van der Waals surface area (Å²) < 4.78 is 1.89. The maximum Gasteiger partial charge on any atom is 0.247 e. The molecule has 6 heteroatoms. The number of aromatic nitrogens is 1. The molecule has 2 aromatic carbocycles. The highest BCUT2D eigenvalue weighted by molar-refractivity contribution is 6.19. The normalized spacial score (nSPS) is 19.7. The Kier molecular flexibility index (Phi) is 3.90. The van der Waals surface area contributed by atoms with Crippen molar-refractivity contribution in [1.82, 2.24) is 4.57 Å². The van der Waals surface area contributed by atoms with Crippen LogP contribution in [0, 0.1) is 11.3 Å². The molecule has 5 rings (SSSR count). The Labute approximate surface area is 180 Å². The number of hydrogen-bond donors (Lipinski definition) is 1. The third kappa shape index (κ3) is 2.50. The minimum absolute atomic E-state index is 0.0397. The Morgan fingerprint density at radius 1 is 1.03 bits per heavy atom. The number of rotatable bonds is 1. The fourth-order valence-corrected chi connectivity index (χ4v) is 4.87. The summed E-state index contributed by atoms with van der Waals surface area (Å²) in [5.41, 5.74) is 1.59. The Balaban J connectivity index is 1.86. The van der Waals surface area contributed by atoms with Crippen LogP contribution in [0.5, 0.6) is 0 Å². The van der Waals surface area contributed by atoms with E-state index in [1.165, 1.54) is 0 Å². The quantitative estimate of drug-likeness (QED) is 0.645. The third-order valence-corrected chi connectivity index (χ3v) is 6.15. The molecule has 0 saturated carbocycles. The highest BCUT2D eigenvalue weighted by Crippen LogP contribution is 2.55. The minimum atomic E-state index is -1.24. The molecule has 3 heterocycles. The molecule has 1 atom stereocenters. The van der Waals surface area contributed by atoms with E-state index >= 15 is 0 Å². The second-order valence-electron chi connectivity index (χ2n) is 9.04. The van der Waals surface area contributed by atoms with Crippen molar-refractivity contribution >= 4 is 29.0 Å². The van der Waals surface area contributed by atoms with Gasteiger partial charge < -0.3 is 9.88 Å². The molecule has 0 radical (unpaired) electrons. The lowest BCUT2D eigenvalue weighted by Gasteiger charge is -2.35. The van der Waals surface area contributed by atoms with Crippen molar-refractivity contribution in [2.24, 2.45) is 0 Å². The summed E-state index contributed by atoms with van der Waals surface area (Å²) in [6.07, 6.45) is 1.71. The van der Waals surface area contributed by atoms with Crippen molar-refractivity contribution in [3.63, 3.8) is 0 Å². The van der Waals surface area contributed by atoms with Crippen molar-refractivity contribution in [2.75, 3.05) is 10.2 Å². The monoisotopic (exact) mass is 410 g/mol. The molecule has 1 spiro atoms. The number of carbonyl (C=O) groups excluding carboxylic acids is 2. The maximum absolute atomic E-state index is 14.2. The molecule has 0 fully saturated rings. The number of hydrogen-bond acceptors (Lipinski definition) is 3. The first kappa shape index (κ1) is 19.1. The van der Waals surface area contributed by atoms with Gasteiger partial charge in [-0.3, -0.25) is 14.5 Å². The van der Waals surface area contributed by atoms with Gasteiger partial charge in [0, 0.05) is 29.4 Å². The summed E-state index contributed by atoms with van der Waals surface area (Å²) in [7, 11) is 0. The predicted molar refractivity (Wildman–Crippen MR) is 118 cm³/mol. The van der Waals surface area contributed by atoms with Gasteiger partial charge in [0.2, 0.25) is 11.8 Å². The van der Waals surface area contributed by atoms with Crippen LogP contribution in [0.2, 0.25) is 0 Å². The van der Waals surface area contributed by atoms with Gasteiger partial charge in [-0.05, 0) is 44.5 Å². The van der Waals surface area contributed by atoms with E-state index in [9.17, 15) is 14.9 Å². The first-order valence-corrected chi connectivity index (χ1v) is 10.2. The van der Waals surface area contributed by atoms with Crippen molar-refractivity contribution in [2.45, 2.75) is 38.1 Å². The van der Waals surface area contributed by atoms with Crippen molar-refractivity contribution in [1.29, 1.82) is 5.26 Å². The summed E-state index contributed by atoms with van der Waals surface area (Å²) >= 11 is 0. The molecule has 0 bridgehead atoms. The zero-order chi connectivity index (χ0) is 22.0. The molecule has 1 N–H and O–H groups in total. The number of nitrogens with zero attached hydrogens (tertiary/aromatic N) is 3. The topological polar surface area (TPSA) is 78.1 Å². The van der Waals surface area contributed by atoms with Crippen LogP contribution in [0.25, 0.3) is 0 Å². The van der Waals surface area contributed by atoms with Gasteiger partial charge in [0.05, 0.1) is 11.3 Å². The second-order valence-corrected chi connectivity index (χ2v) is 9.04. The number of para-hydroxylation sites is 2. The zero-order valence-corrected chi connectivity index (χ0v) is 17.6. The van der Waals surface area contributed by atoms with Gasteiger partial charge in [-0.25, -0.2) is 0 Å². The standard InChI is InChI=1S/C25H22N4O2/c1-24(2,3)28-15-16(14-26)21-22(28)27-20(30)13-25(21)18-11-7-8-12-19(18)29(23(25)31)17-9-5-4-6-10-17/h4-12,15H,13H2,1-3H3,(H,27,30)/t25-/m0/s1. The van der Waals surface area contributed by atoms with Crippen LogP contribution in [0.15, 0.2) is 60.8 Å². The fraction of sp³-hybridized carbons (Fsp3) is 0.240. The van der Waals surface area contributed by atoms with Gasteiger partial charge >= 0.3 is 0 Å². The summed E-state index contributed by atoms with van der Waals surface area (Å²) in [5, 5.41) is 12.9. The smallest absolute Gasteiger partial charge is 0.247 e. The Morgan fingerprint density at radius 2 is 1.71 bits per heavy atom. The average Bonchev–Trinajstić information content (AvgIpc) is 3.23. The van der Waals surface area contributed by atoms with Gasteiger partial charge in [0.25, 0.3) is 0 Å². The largest absolute Gasteiger partial charge is 0.328 e. The summed E-state index contributed by atoms with van der Waals surface area (Å²) in [6.45, 7) is 6.01. The lowest BCUT2D eigenvalue weighted by atomic mass is 9.70. The van der Waals surface area contributed by atoms with Gasteiger partial charge in [-0.1, -0.05) is 36.4 Å². The average molecular weight is 410 g/mol. The van der Waals surface area contributed by atoms with Crippen LogP contribution in [-0.2, 0) is 20.5 Å². The van der Waals surface area contributed by atoms with Gasteiger partial charge in [-0.2, -0.15) is 5.26 Å². The number of nitriles is 1. The molecule has 0 unspecified atom stereocenters. The molecule has 2 aliphatic rings. The number of fused-ring (bicyclic) bond motifs is 4. The molecular formula is C25H22N4O2. The first-order chi connectivity index (χ1) is 14.8. The van der Waals surface area contributed by atoms with Crippen LogP contribution >= 0.6 is 0 Å². The van der Waals surface area contributed by atoms with Gasteiger partial charge in [-0.15, -0.1) is 0 Å². The van der Waals surface area contributed by atoms with E-state index < -0.39 is 5.41 Å². The summed E-state index contributed by atoms with van der Waals surface area (Å²) in [6, 6.07) is 19.2. The number of carbonyl (C=O) groups is 2. The van der Waals surface area contributed by atoms with Gasteiger partial charge in [0.15, 0.2) is 0 Å². The highest BCUT2D eigenvalue weighted by Gasteiger charge is 2.58. The summed E-state index contributed by atoms with van der Waals surface area (Å²) in [5.74, 6) is 0.0798. The third-order valence-electron chi connectivity index (χ3n) is 6.15. The predicted octanol–water partition coefficient (Wildman–Crippen LogP) is 4.42. The molecule has 31 heavy (non-hydrogen) atoms. The van der Waals surface area contributed by atoms with Crippen molar-refractivity contribution in [3.05, 3.63) is 77.5 Å². The maximum atomic E-state index is 14.2. The van der Waals surface area contributed by atoms with E-state index in [4.69, 9.17) is 0 Å². The molecule has 154 valence electrons. The minimum Gasteiger partial charge on any atom is -0.328 e. The molecule has 0 aliphatic carbocycles. The molecule has 0 saturated heterocycles. The Hall–Kier alpha value is -3.85. The van der Waals surface area contributed by atoms with Crippen LogP contribution in [0.1, 0.15) is 43.9 Å². The van der Waals surface area contributed by atoms with Crippen molar-refractivity contribution in [3.8, 4) is 6.07 Å². The van der Waals surface area contributed by atoms with Crippen LogP contribution in [0.4, 0.5) is 17.2 Å². The Morgan fingerprint density at radius 3 is 2.39 bits per heavy atom. The zero-order valence-electron chi connectivity index (χ0n) is 17.6. The van der Waals surface area contributed by atoms with Gasteiger partial charge in [0.1, 0.15) is 17.3 Å². The number of nitrogens with one attached hydrogen (secondary N) is 1. The van der Waals surface area contributed by atoms with E-state index in [0.29, 0.717) is 16.9 Å². The number of amides is 2. The fourth-order valence-electron chi connectivity index (χ4n) is 4.87. The van der Waals surface area contributed by atoms with E-state index in [1.54, 1.807) is 11.1 Å². The molecule has 2 aliphatic heterocycles. The SMILES string of the molecule is CC(C)(C)n1cc(C#N)c2c1NC(=O)C[C@@]21C(=O)N(c2ccccc2)c2ccccc21. The molecule has 1 aromatic heterocycles. The first-order valence-electron chi connectivity index (χ1n) is 10.2. The molecule has 3 aromatic rings. The van der Waals surface area contributed by atoms with Crippen molar-refractivity contribution < 1.29 is 9.59 Å².